The van der Waals surface area contributed by atoms with Crippen molar-refractivity contribution >= 4 is 28.9 Å². The molecule has 23 heavy (non-hydrogen) atoms. The van der Waals surface area contributed by atoms with E-state index in [0.717, 1.165) is 5.69 Å². The van der Waals surface area contributed by atoms with Crippen LogP contribution in [-0.4, -0.2) is 48.8 Å². The molecule has 2 rings (SSSR count). The second kappa shape index (κ2) is 8.72. The topological polar surface area (TPSA) is 87.5 Å². The van der Waals surface area contributed by atoms with Gasteiger partial charge in [0, 0.05) is 25.1 Å². The van der Waals surface area contributed by atoms with Crippen LogP contribution in [0.2, 0.25) is 4.47 Å². The Labute approximate surface area is 143 Å². The first kappa shape index (κ1) is 17.5. The highest BCUT2D eigenvalue weighted by molar-refractivity contribution is 7.13. The van der Waals surface area contributed by atoms with Gasteiger partial charge in [0.1, 0.15) is 18.5 Å². The summed E-state index contributed by atoms with van der Waals surface area (Å²) in [7, 11) is 0. The molecule has 0 bridgehead atoms. The first-order valence-corrected chi connectivity index (χ1v) is 8.39. The molecule has 1 aromatic heterocycles. The molecule has 0 radical (unpaired) electrons. The molecule has 0 saturated carbocycles. The predicted molar refractivity (Wildman–Crippen MR) is 85.6 cm³/mol. The third kappa shape index (κ3) is 4.82. The van der Waals surface area contributed by atoms with Crippen LogP contribution in [0.4, 0.5) is 0 Å². The molecule has 124 valence electrons. The molecule has 0 aromatic carbocycles. The quantitative estimate of drug-likeness (QED) is 0.343. The molecule has 1 fully saturated rings. The summed E-state index contributed by atoms with van der Waals surface area (Å²) in [6.07, 6.45) is 0. The number of ether oxygens (including phenoxy) is 2. The lowest BCUT2D eigenvalue weighted by Gasteiger charge is -2.18. The van der Waals surface area contributed by atoms with E-state index in [2.05, 4.69) is 10.3 Å². The maximum absolute atomic E-state index is 12.1. The third-order valence-corrected chi connectivity index (χ3v) is 4.11. The highest BCUT2D eigenvalue weighted by Gasteiger charge is 2.26. The maximum Gasteiger partial charge on any atom is 0.352 e. The van der Waals surface area contributed by atoms with Gasteiger partial charge in [0.25, 0.3) is 0 Å². The molecule has 7 nitrogen and oxygen atoms in total. The van der Waals surface area contributed by atoms with E-state index in [9.17, 15) is 10.1 Å². The molecule has 1 aliphatic rings. The van der Waals surface area contributed by atoms with Crippen molar-refractivity contribution in [3.63, 3.8) is 0 Å². The maximum atomic E-state index is 12.1. The molecule has 0 unspecified atom stereocenters. The Kier molecular flexibility index (Phi) is 6.65. The average molecular weight is 357 g/mol. The van der Waals surface area contributed by atoms with Crippen LogP contribution in [-0.2, 0) is 20.8 Å². The van der Waals surface area contributed by atoms with Crippen LogP contribution in [0.25, 0.3) is 0 Å². The number of halogens is 1. The average Bonchev–Trinajstić information content (AvgIpc) is 3.15. The number of esters is 1. The van der Waals surface area contributed by atoms with Gasteiger partial charge in [-0.2, -0.15) is 5.26 Å². The van der Waals surface area contributed by atoms with Gasteiger partial charge in [-0.3, -0.25) is 0 Å². The lowest BCUT2D eigenvalue weighted by Crippen LogP contribution is -2.25. The number of carbonyl (C=O) groups is 1. The molecule has 1 aliphatic heterocycles. The third-order valence-electron chi connectivity index (χ3n) is 3.08. The van der Waals surface area contributed by atoms with Gasteiger partial charge in [-0.05, 0) is 6.92 Å². The molecule has 9 heteroatoms. The van der Waals surface area contributed by atoms with Gasteiger partial charge in [-0.1, -0.05) is 11.6 Å². The number of nitriles is 1. The van der Waals surface area contributed by atoms with Gasteiger partial charge < -0.3 is 19.7 Å². The van der Waals surface area contributed by atoms with Crippen molar-refractivity contribution in [2.75, 3.05) is 32.9 Å². The van der Waals surface area contributed by atoms with Gasteiger partial charge in [0.05, 0.1) is 18.8 Å². The smallest absolute Gasteiger partial charge is 0.352 e. The van der Waals surface area contributed by atoms with Crippen molar-refractivity contribution < 1.29 is 14.3 Å². The van der Waals surface area contributed by atoms with Crippen LogP contribution in [0.1, 0.15) is 12.6 Å². The van der Waals surface area contributed by atoms with E-state index in [4.69, 9.17) is 21.1 Å². The number of aromatic nitrogens is 1. The second-order valence-electron chi connectivity index (χ2n) is 4.61. The Morgan fingerprint density at radius 2 is 2.43 bits per heavy atom. The number of nitrogens with one attached hydrogen (secondary N) is 1. The van der Waals surface area contributed by atoms with Crippen molar-refractivity contribution in [2.24, 2.45) is 0 Å². The van der Waals surface area contributed by atoms with Crippen molar-refractivity contribution in [1.29, 1.82) is 5.26 Å². The number of thiazole rings is 1. The second-order valence-corrected chi connectivity index (χ2v) is 6.05. The molecule has 0 amide bonds. The van der Waals surface area contributed by atoms with E-state index in [1.54, 1.807) is 0 Å². The highest BCUT2D eigenvalue weighted by atomic mass is 35.5. The summed E-state index contributed by atoms with van der Waals surface area (Å²) in [4.78, 5) is 18.1. The summed E-state index contributed by atoms with van der Waals surface area (Å²) in [6.45, 7) is 4.62. The lowest BCUT2D eigenvalue weighted by atomic mass is 10.2. The normalized spacial score (nSPS) is 16.0. The van der Waals surface area contributed by atoms with Crippen molar-refractivity contribution in [3.05, 3.63) is 26.9 Å². The molecule has 0 atom stereocenters. The van der Waals surface area contributed by atoms with E-state index >= 15 is 0 Å². The summed E-state index contributed by atoms with van der Waals surface area (Å²) in [6, 6.07) is 1.92. The standard InChI is InChI=1S/C14H17ClN4O3S/c1-2-21-5-6-22-13(20)11(7-16)12-17-3-4-19(12)8-10-9-23-14(15)18-10/h9,17H,2-6,8H2,1H3. The minimum Gasteiger partial charge on any atom is -0.459 e. The van der Waals surface area contributed by atoms with E-state index in [0.29, 0.717) is 43.1 Å². The summed E-state index contributed by atoms with van der Waals surface area (Å²) in [5, 5.41) is 14.2. The van der Waals surface area contributed by atoms with Gasteiger partial charge >= 0.3 is 5.97 Å². The predicted octanol–water partition coefficient (Wildman–Crippen LogP) is 1.52. The molecule has 0 aliphatic carbocycles. The van der Waals surface area contributed by atoms with Gasteiger partial charge in [0.15, 0.2) is 10.0 Å². The van der Waals surface area contributed by atoms with E-state index in [1.807, 2.05) is 23.3 Å². The fraction of sp³-hybridized carbons (Fsp3) is 0.500. The van der Waals surface area contributed by atoms with Gasteiger partial charge in [-0.15, -0.1) is 11.3 Å². The van der Waals surface area contributed by atoms with Crippen molar-refractivity contribution in [1.82, 2.24) is 15.2 Å². The van der Waals surface area contributed by atoms with Gasteiger partial charge in [-0.25, -0.2) is 9.78 Å². The molecule has 0 spiro atoms. The summed E-state index contributed by atoms with van der Waals surface area (Å²) >= 11 is 7.17. The first-order chi connectivity index (χ1) is 11.2. The molecule has 1 N–H and O–H groups in total. The lowest BCUT2D eigenvalue weighted by molar-refractivity contribution is -0.140. The van der Waals surface area contributed by atoms with Crippen LogP contribution in [0, 0.1) is 11.3 Å². The number of nitrogens with zero attached hydrogens (tertiary/aromatic N) is 3. The first-order valence-electron chi connectivity index (χ1n) is 7.13. The fourth-order valence-corrected chi connectivity index (χ4v) is 2.87. The summed E-state index contributed by atoms with van der Waals surface area (Å²) in [5.41, 5.74) is 0.753. The molecular weight excluding hydrogens is 340 g/mol. The number of hydrogen-bond acceptors (Lipinski definition) is 8. The molecule has 1 aromatic rings. The van der Waals surface area contributed by atoms with Crippen LogP contribution in [0.15, 0.2) is 16.8 Å². The number of carbonyl (C=O) groups excluding carboxylic acids is 1. The van der Waals surface area contributed by atoms with Crippen LogP contribution in [0.5, 0.6) is 0 Å². The Morgan fingerprint density at radius 1 is 1.61 bits per heavy atom. The Morgan fingerprint density at radius 3 is 3.09 bits per heavy atom. The van der Waals surface area contributed by atoms with Gasteiger partial charge in [0.2, 0.25) is 0 Å². The minimum absolute atomic E-state index is 0.0414. The van der Waals surface area contributed by atoms with E-state index in [1.165, 1.54) is 11.3 Å². The van der Waals surface area contributed by atoms with E-state index < -0.39 is 5.97 Å². The summed E-state index contributed by atoms with van der Waals surface area (Å²) in [5.74, 6) is -0.184. The zero-order chi connectivity index (χ0) is 16.7. The number of hydrogen-bond donors (Lipinski definition) is 1. The van der Waals surface area contributed by atoms with Crippen LogP contribution < -0.4 is 5.32 Å². The highest BCUT2D eigenvalue weighted by Crippen LogP contribution is 2.20. The molecule has 2 heterocycles. The van der Waals surface area contributed by atoms with Crippen LogP contribution in [0.3, 0.4) is 0 Å². The van der Waals surface area contributed by atoms with Crippen molar-refractivity contribution in [2.45, 2.75) is 13.5 Å². The Balaban J connectivity index is 2.05. The fourth-order valence-electron chi connectivity index (χ4n) is 2.09. The van der Waals surface area contributed by atoms with E-state index in [-0.39, 0.29) is 12.2 Å². The zero-order valence-corrected chi connectivity index (χ0v) is 14.2. The largest absolute Gasteiger partial charge is 0.459 e. The minimum atomic E-state index is -0.655. The molecular formula is C14H17ClN4O3S. The van der Waals surface area contributed by atoms with Crippen LogP contribution >= 0.6 is 22.9 Å². The number of rotatable bonds is 7. The SMILES string of the molecule is CCOCCOC(=O)C(C#N)=C1NCCN1Cc1csc(Cl)n1. The zero-order valence-electron chi connectivity index (χ0n) is 12.7. The Hall–Kier alpha value is -1.82. The summed E-state index contributed by atoms with van der Waals surface area (Å²) < 4.78 is 10.6. The molecule has 1 saturated heterocycles. The Bertz CT molecular complexity index is 626. The monoisotopic (exact) mass is 356 g/mol. The van der Waals surface area contributed by atoms with Crippen molar-refractivity contribution in [3.8, 4) is 6.07 Å².